The second kappa shape index (κ2) is 14.7. The highest BCUT2D eigenvalue weighted by atomic mass is 16.6. The van der Waals surface area contributed by atoms with Gasteiger partial charge in [-0.2, -0.15) is 0 Å². The molecule has 8 nitrogen and oxygen atoms in total. The number of amides is 1. The van der Waals surface area contributed by atoms with Gasteiger partial charge in [0, 0.05) is 37.8 Å². The van der Waals surface area contributed by atoms with Crippen LogP contribution in [0, 0.1) is 5.92 Å². The molecular formula is C38H49N3O5. The molecule has 5 rings (SSSR count). The first kappa shape index (κ1) is 33.5. The molecule has 3 aromatic rings. The summed E-state index contributed by atoms with van der Waals surface area (Å²) >= 11 is 0. The molecule has 2 unspecified atom stereocenters. The Kier molecular flexibility index (Phi) is 10.7. The summed E-state index contributed by atoms with van der Waals surface area (Å²) in [7, 11) is 1.75. The van der Waals surface area contributed by atoms with Gasteiger partial charge in [-0.1, -0.05) is 36.4 Å². The van der Waals surface area contributed by atoms with E-state index in [1.807, 2.05) is 62.9 Å². The van der Waals surface area contributed by atoms with E-state index in [0.717, 1.165) is 69.4 Å². The van der Waals surface area contributed by atoms with Crippen molar-refractivity contribution in [2.75, 3.05) is 32.8 Å². The van der Waals surface area contributed by atoms with Gasteiger partial charge in [0.2, 0.25) is 0 Å². The van der Waals surface area contributed by atoms with E-state index in [4.69, 9.17) is 9.47 Å². The minimum Gasteiger partial charge on any atom is -0.462 e. The molecule has 2 fully saturated rings. The fraction of sp³-hybridized carbons (Fsp3) is 0.500. The topological polar surface area (TPSA) is 81.1 Å². The molecule has 0 spiro atoms. The van der Waals surface area contributed by atoms with Crippen LogP contribution in [0.4, 0.5) is 4.79 Å². The maximum absolute atomic E-state index is 13.5. The molecule has 0 radical (unpaired) electrons. The molecule has 1 aliphatic heterocycles. The lowest BCUT2D eigenvalue weighted by molar-refractivity contribution is 0.0171. The van der Waals surface area contributed by atoms with Crippen LogP contribution in [-0.2, 0) is 22.9 Å². The standard InChI is InChI=1S/C38H49N3O5/c1-6-45-36(43)31-11-9-27(10-12-31)8-7-20-40-22-17-28(18-23-40)26-41(37(44)46-38(2,3)4)34-25-33(34)30-15-13-29(14-16-30)32-19-21-39(5)35(42)24-32/h9-16,19,21,24,28,33-34H,6-8,17-18,20,22-23,25-26H2,1-5H3. The minimum atomic E-state index is -0.545. The van der Waals surface area contributed by atoms with Crippen LogP contribution in [0.5, 0.6) is 0 Å². The molecule has 8 heteroatoms. The summed E-state index contributed by atoms with van der Waals surface area (Å²) in [6, 6.07) is 19.9. The molecule has 1 aliphatic carbocycles. The Hall–Kier alpha value is -3.91. The highest BCUT2D eigenvalue weighted by molar-refractivity contribution is 5.89. The number of aryl methyl sites for hydroxylation is 2. The molecule has 246 valence electrons. The number of pyridine rings is 1. The number of hydrogen-bond donors (Lipinski definition) is 0. The van der Waals surface area contributed by atoms with E-state index in [-0.39, 0.29) is 29.6 Å². The first-order chi connectivity index (χ1) is 22.0. The Morgan fingerprint density at radius 2 is 1.65 bits per heavy atom. The average Bonchev–Trinajstić information content (AvgIpc) is 3.82. The number of ether oxygens (including phenoxy) is 2. The van der Waals surface area contributed by atoms with Crippen LogP contribution in [0.25, 0.3) is 11.1 Å². The maximum atomic E-state index is 13.5. The van der Waals surface area contributed by atoms with E-state index < -0.39 is 5.60 Å². The van der Waals surface area contributed by atoms with Crippen LogP contribution < -0.4 is 5.56 Å². The fourth-order valence-corrected chi connectivity index (χ4v) is 6.40. The zero-order chi connectivity index (χ0) is 32.8. The molecule has 46 heavy (non-hydrogen) atoms. The highest BCUT2D eigenvalue weighted by Crippen LogP contribution is 2.46. The van der Waals surface area contributed by atoms with Gasteiger partial charge >= 0.3 is 12.1 Å². The average molecular weight is 628 g/mol. The summed E-state index contributed by atoms with van der Waals surface area (Å²) in [4.78, 5) is 42.0. The molecule has 2 heterocycles. The maximum Gasteiger partial charge on any atom is 0.410 e. The van der Waals surface area contributed by atoms with Crippen molar-refractivity contribution in [1.82, 2.24) is 14.4 Å². The van der Waals surface area contributed by atoms with Crippen molar-refractivity contribution in [2.24, 2.45) is 13.0 Å². The van der Waals surface area contributed by atoms with Crippen LogP contribution in [-0.4, -0.2) is 70.9 Å². The summed E-state index contributed by atoms with van der Waals surface area (Å²) in [6.07, 6.45) is 6.69. The zero-order valence-corrected chi connectivity index (χ0v) is 28.0. The number of carbonyl (C=O) groups excluding carboxylic acids is 2. The molecule has 1 saturated heterocycles. The normalized spacial score (nSPS) is 18.6. The number of carbonyl (C=O) groups is 2. The molecule has 0 N–H and O–H groups in total. The van der Waals surface area contributed by atoms with Crippen molar-refractivity contribution < 1.29 is 19.1 Å². The van der Waals surface area contributed by atoms with Crippen molar-refractivity contribution in [3.63, 3.8) is 0 Å². The second-order valence-corrected chi connectivity index (χ2v) is 13.8. The van der Waals surface area contributed by atoms with Crippen molar-refractivity contribution in [2.45, 2.75) is 77.4 Å². The number of nitrogens with zero attached hydrogens (tertiary/aromatic N) is 3. The summed E-state index contributed by atoms with van der Waals surface area (Å²) in [5.41, 5.74) is 4.40. The molecule has 1 amide bonds. The van der Waals surface area contributed by atoms with E-state index in [9.17, 15) is 14.4 Å². The largest absolute Gasteiger partial charge is 0.462 e. The Labute approximate surface area is 273 Å². The monoisotopic (exact) mass is 627 g/mol. The molecule has 0 bridgehead atoms. The third kappa shape index (κ3) is 8.87. The second-order valence-electron chi connectivity index (χ2n) is 13.8. The fourth-order valence-electron chi connectivity index (χ4n) is 6.40. The number of aromatic nitrogens is 1. The lowest BCUT2D eigenvalue weighted by Crippen LogP contribution is -2.44. The van der Waals surface area contributed by atoms with Crippen LogP contribution in [0.3, 0.4) is 0 Å². The Balaban J connectivity index is 1.13. The first-order valence-electron chi connectivity index (χ1n) is 16.8. The lowest BCUT2D eigenvalue weighted by atomic mass is 9.95. The molecule has 2 aliphatic rings. The highest BCUT2D eigenvalue weighted by Gasteiger charge is 2.46. The summed E-state index contributed by atoms with van der Waals surface area (Å²) < 4.78 is 12.5. The van der Waals surface area contributed by atoms with Crippen molar-refractivity contribution in [1.29, 1.82) is 0 Å². The van der Waals surface area contributed by atoms with Gasteiger partial charge in [-0.15, -0.1) is 0 Å². The smallest absolute Gasteiger partial charge is 0.410 e. The van der Waals surface area contributed by atoms with Crippen LogP contribution in [0.15, 0.2) is 71.7 Å². The van der Waals surface area contributed by atoms with Gasteiger partial charge in [0.15, 0.2) is 0 Å². The summed E-state index contributed by atoms with van der Waals surface area (Å²) in [5, 5.41) is 0. The van der Waals surface area contributed by atoms with Gasteiger partial charge in [-0.3, -0.25) is 4.79 Å². The predicted octanol–water partition coefficient (Wildman–Crippen LogP) is 6.67. The van der Waals surface area contributed by atoms with E-state index in [1.54, 1.807) is 23.9 Å². The van der Waals surface area contributed by atoms with E-state index in [0.29, 0.717) is 18.1 Å². The zero-order valence-electron chi connectivity index (χ0n) is 28.0. The van der Waals surface area contributed by atoms with Gasteiger partial charge < -0.3 is 23.8 Å². The van der Waals surface area contributed by atoms with Crippen molar-refractivity contribution >= 4 is 12.1 Å². The number of rotatable bonds is 11. The van der Waals surface area contributed by atoms with Gasteiger partial charge in [-0.25, -0.2) is 9.59 Å². The molecular weight excluding hydrogens is 578 g/mol. The molecule has 1 saturated carbocycles. The van der Waals surface area contributed by atoms with Crippen LogP contribution >= 0.6 is 0 Å². The number of likely N-dealkylation sites (tertiary alicyclic amines) is 1. The van der Waals surface area contributed by atoms with E-state index in [2.05, 4.69) is 29.2 Å². The Morgan fingerprint density at radius 3 is 2.28 bits per heavy atom. The first-order valence-corrected chi connectivity index (χ1v) is 16.8. The van der Waals surface area contributed by atoms with Gasteiger partial charge in [0.25, 0.3) is 5.56 Å². The van der Waals surface area contributed by atoms with Gasteiger partial charge in [0.05, 0.1) is 12.2 Å². The third-order valence-corrected chi connectivity index (χ3v) is 9.13. The van der Waals surface area contributed by atoms with Crippen LogP contribution in [0.1, 0.15) is 80.8 Å². The number of piperidine rings is 1. The Bertz CT molecular complexity index is 1530. The molecule has 2 atom stereocenters. The lowest BCUT2D eigenvalue weighted by Gasteiger charge is -2.36. The number of hydrogen-bond acceptors (Lipinski definition) is 6. The number of benzene rings is 2. The third-order valence-electron chi connectivity index (χ3n) is 9.13. The van der Waals surface area contributed by atoms with E-state index in [1.165, 1.54) is 11.1 Å². The number of esters is 1. The van der Waals surface area contributed by atoms with Crippen molar-refractivity contribution in [3.8, 4) is 11.1 Å². The van der Waals surface area contributed by atoms with Gasteiger partial charge in [0.1, 0.15) is 5.60 Å². The quantitative estimate of drug-likeness (QED) is 0.221. The van der Waals surface area contributed by atoms with E-state index >= 15 is 0 Å². The molecule has 1 aromatic heterocycles. The van der Waals surface area contributed by atoms with Crippen molar-refractivity contribution in [3.05, 3.63) is 93.9 Å². The molecule has 2 aromatic carbocycles. The summed E-state index contributed by atoms with van der Waals surface area (Å²) in [6.45, 7) is 11.8. The van der Waals surface area contributed by atoms with Crippen LogP contribution in [0.2, 0.25) is 0 Å². The predicted molar refractivity (Wildman–Crippen MR) is 181 cm³/mol. The van der Waals surface area contributed by atoms with Gasteiger partial charge in [-0.05, 0) is 126 Å². The minimum absolute atomic E-state index is 0.0260. The Morgan fingerprint density at radius 1 is 0.957 bits per heavy atom. The SMILES string of the molecule is CCOC(=O)c1ccc(CCCN2CCC(CN(C(=O)OC(C)(C)C)C3CC3c3ccc(-c4ccn(C)c(=O)c4)cc3)CC2)cc1. The summed E-state index contributed by atoms with van der Waals surface area (Å²) in [5.74, 6) is 0.465.